The van der Waals surface area contributed by atoms with Gasteiger partial charge < -0.3 is 10.7 Å². The minimum absolute atomic E-state index is 0.676. The first-order chi connectivity index (χ1) is 11.3. The van der Waals surface area contributed by atoms with Crippen LogP contribution in [0.5, 0.6) is 0 Å². The summed E-state index contributed by atoms with van der Waals surface area (Å²) < 4.78 is 0. The molecule has 3 rings (SSSR count). The Labute approximate surface area is 135 Å². The van der Waals surface area contributed by atoms with Crippen LogP contribution in [0.1, 0.15) is 24.0 Å². The Morgan fingerprint density at radius 1 is 1.00 bits per heavy atom. The third-order valence-electron chi connectivity index (χ3n) is 3.86. The quantitative estimate of drug-likeness (QED) is 0.801. The van der Waals surface area contributed by atoms with Crippen molar-refractivity contribution in [3.63, 3.8) is 0 Å². The first-order valence-corrected chi connectivity index (χ1v) is 7.59. The highest BCUT2D eigenvalue weighted by Crippen LogP contribution is 2.32. The van der Waals surface area contributed by atoms with Crippen LogP contribution >= 0.6 is 0 Å². The van der Waals surface area contributed by atoms with Crippen molar-refractivity contribution in [1.29, 1.82) is 5.41 Å². The molecule has 1 aliphatic carbocycles. The molecule has 1 amide bonds. The number of hydrogen-bond acceptors (Lipinski definition) is 2. The van der Waals surface area contributed by atoms with E-state index in [2.05, 4.69) is 29.6 Å². The van der Waals surface area contributed by atoms with E-state index < -0.39 is 0 Å². The summed E-state index contributed by atoms with van der Waals surface area (Å²) in [6.07, 6.45) is 6.31. The number of amides is 1. The van der Waals surface area contributed by atoms with E-state index >= 15 is 0 Å². The second-order valence-electron chi connectivity index (χ2n) is 5.52. The molecule has 0 aliphatic heterocycles. The van der Waals surface area contributed by atoms with Crippen molar-refractivity contribution in [3.05, 3.63) is 77.4 Å². The topological polar surface area (TPSA) is 53.0 Å². The van der Waals surface area contributed by atoms with E-state index in [9.17, 15) is 4.79 Å². The standard InChI is InChI=1S/C20H18N2O/c21-18-8-11-20(16-6-9-19(10-7-16)22-14-23)17(13-18)12-15-4-2-1-3-5-15/h1-7,9-12,14,21H,8,13H2,(H,22,23). The summed E-state index contributed by atoms with van der Waals surface area (Å²) in [6, 6.07) is 18.0. The molecule has 0 saturated carbocycles. The summed E-state index contributed by atoms with van der Waals surface area (Å²) in [5.74, 6) is 0. The van der Waals surface area contributed by atoms with E-state index in [-0.39, 0.29) is 0 Å². The van der Waals surface area contributed by atoms with E-state index in [0.29, 0.717) is 19.3 Å². The van der Waals surface area contributed by atoms with Crippen LogP contribution in [0, 0.1) is 5.41 Å². The molecule has 0 fully saturated rings. The fourth-order valence-electron chi connectivity index (χ4n) is 2.75. The van der Waals surface area contributed by atoms with Crippen LogP contribution in [0.3, 0.4) is 0 Å². The lowest BCUT2D eigenvalue weighted by molar-refractivity contribution is -0.105. The Bertz CT molecular complexity index is 771. The Kier molecular flexibility index (Phi) is 4.48. The van der Waals surface area contributed by atoms with Gasteiger partial charge in [0.2, 0.25) is 6.41 Å². The van der Waals surface area contributed by atoms with Crippen LogP contribution in [0.4, 0.5) is 5.69 Å². The smallest absolute Gasteiger partial charge is 0.211 e. The van der Waals surface area contributed by atoms with Crippen LogP contribution in [-0.4, -0.2) is 12.1 Å². The molecule has 3 nitrogen and oxygen atoms in total. The lowest BCUT2D eigenvalue weighted by atomic mass is 9.86. The first-order valence-electron chi connectivity index (χ1n) is 7.59. The Hall–Kier alpha value is -2.94. The lowest BCUT2D eigenvalue weighted by Crippen LogP contribution is -2.06. The summed E-state index contributed by atoms with van der Waals surface area (Å²) in [5.41, 5.74) is 6.08. The van der Waals surface area contributed by atoms with Gasteiger partial charge in [0.25, 0.3) is 0 Å². The van der Waals surface area contributed by atoms with E-state index in [1.165, 1.54) is 5.57 Å². The van der Waals surface area contributed by atoms with Crippen LogP contribution in [-0.2, 0) is 4.79 Å². The summed E-state index contributed by atoms with van der Waals surface area (Å²) >= 11 is 0. The third-order valence-corrected chi connectivity index (χ3v) is 3.86. The van der Waals surface area contributed by atoms with Gasteiger partial charge in [0.15, 0.2) is 0 Å². The number of carbonyl (C=O) groups is 1. The SMILES string of the molecule is N=C1CC=C(c2ccc(NC=O)cc2)C(=Cc2ccccc2)C1. The van der Waals surface area contributed by atoms with Gasteiger partial charge in [-0.2, -0.15) is 0 Å². The molecule has 0 atom stereocenters. The van der Waals surface area contributed by atoms with Crippen LogP contribution < -0.4 is 5.32 Å². The average Bonchev–Trinajstić information content (AvgIpc) is 2.57. The van der Waals surface area contributed by atoms with Crippen molar-refractivity contribution in [2.75, 3.05) is 5.32 Å². The van der Waals surface area contributed by atoms with Gasteiger partial charge in [-0.15, -0.1) is 0 Å². The Morgan fingerprint density at radius 3 is 2.43 bits per heavy atom. The molecule has 23 heavy (non-hydrogen) atoms. The molecule has 0 unspecified atom stereocenters. The van der Waals surface area contributed by atoms with Gasteiger partial charge in [0.1, 0.15) is 0 Å². The molecule has 0 heterocycles. The van der Waals surface area contributed by atoms with Gasteiger partial charge in [0.05, 0.1) is 0 Å². The monoisotopic (exact) mass is 302 g/mol. The van der Waals surface area contributed by atoms with Gasteiger partial charge in [-0.05, 0) is 34.4 Å². The highest BCUT2D eigenvalue weighted by atomic mass is 16.1. The first kappa shape index (κ1) is 15.0. The molecule has 0 spiro atoms. The van der Waals surface area contributed by atoms with Crippen LogP contribution in [0.25, 0.3) is 11.6 Å². The van der Waals surface area contributed by atoms with Crippen molar-refractivity contribution in [1.82, 2.24) is 0 Å². The largest absolute Gasteiger partial charge is 0.329 e. The molecule has 0 aromatic heterocycles. The molecule has 1 aliphatic rings. The van der Waals surface area contributed by atoms with E-state index in [4.69, 9.17) is 5.41 Å². The number of anilines is 1. The summed E-state index contributed by atoms with van der Waals surface area (Å²) in [6.45, 7) is 0. The number of carbonyl (C=O) groups excluding carboxylic acids is 1. The van der Waals surface area contributed by atoms with E-state index in [1.54, 1.807) is 0 Å². The number of allylic oxidation sites excluding steroid dienone is 3. The normalized spacial score (nSPS) is 16.1. The van der Waals surface area contributed by atoms with Crippen LogP contribution in [0.2, 0.25) is 0 Å². The van der Waals surface area contributed by atoms with Crippen molar-refractivity contribution in [3.8, 4) is 0 Å². The van der Waals surface area contributed by atoms with Gasteiger partial charge in [-0.1, -0.05) is 54.6 Å². The number of rotatable bonds is 4. The molecule has 0 bridgehead atoms. The van der Waals surface area contributed by atoms with E-state index in [1.807, 2.05) is 42.5 Å². The third kappa shape index (κ3) is 3.64. The zero-order valence-electron chi connectivity index (χ0n) is 12.8. The Morgan fingerprint density at radius 2 is 1.74 bits per heavy atom. The van der Waals surface area contributed by atoms with Crippen molar-refractivity contribution < 1.29 is 4.79 Å². The molecule has 2 N–H and O–H groups in total. The van der Waals surface area contributed by atoms with Gasteiger partial charge in [0, 0.05) is 24.2 Å². The minimum Gasteiger partial charge on any atom is -0.329 e. The molecular formula is C20H18N2O. The summed E-state index contributed by atoms with van der Waals surface area (Å²) in [7, 11) is 0. The molecule has 2 aromatic rings. The number of benzene rings is 2. The number of hydrogen-bond donors (Lipinski definition) is 2. The van der Waals surface area contributed by atoms with Gasteiger partial charge >= 0.3 is 0 Å². The average molecular weight is 302 g/mol. The molecule has 0 saturated heterocycles. The van der Waals surface area contributed by atoms with Crippen LogP contribution in [0.15, 0.2) is 66.2 Å². The molecule has 0 radical (unpaired) electrons. The minimum atomic E-state index is 0.676. The summed E-state index contributed by atoms with van der Waals surface area (Å²) in [4.78, 5) is 10.5. The lowest BCUT2D eigenvalue weighted by Gasteiger charge is -2.19. The highest BCUT2D eigenvalue weighted by molar-refractivity contribution is 5.99. The van der Waals surface area contributed by atoms with Gasteiger partial charge in [-0.3, -0.25) is 4.79 Å². The second kappa shape index (κ2) is 6.88. The second-order valence-corrected chi connectivity index (χ2v) is 5.52. The molecule has 2 aromatic carbocycles. The zero-order chi connectivity index (χ0) is 16.1. The molecular weight excluding hydrogens is 284 g/mol. The molecule has 114 valence electrons. The maximum absolute atomic E-state index is 10.5. The van der Waals surface area contributed by atoms with Gasteiger partial charge in [-0.25, -0.2) is 0 Å². The predicted octanol–water partition coefficient (Wildman–Crippen LogP) is 4.54. The van der Waals surface area contributed by atoms with Crippen molar-refractivity contribution in [2.45, 2.75) is 12.8 Å². The van der Waals surface area contributed by atoms with Crippen molar-refractivity contribution in [2.24, 2.45) is 0 Å². The van der Waals surface area contributed by atoms with E-state index in [0.717, 1.165) is 28.1 Å². The fraction of sp³-hybridized carbons (Fsp3) is 0.100. The predicted molar refractivity (Wildman–Crippen MR) is 95.5 cm³/mol. The Balaban J connectivity index is 1.96. The highest BCUT2D eigenvalue weighted by Gasteiger charge is 2.15. The summed E-state index contributed by atoms with van der Waals surface area (Å²) in [5, 5.41) is 10.6. The molecule has 3 heteroatoms. The maximum Gasteiger partial charge on any atom is 0.211 e. The van der Waals surface area contributed by atoms with Crippen molar-refractivity contribution >= 4 is 29.5 Å². The number of nitrogens with one attached hydrogen (secondary N) is 2. The zero-order valence-corrected chi connectivity index (χ0v) is 12.8. The maximum atomic E-state index is 10.5. The fourth-order valence-corrected chi connectivity index (χ4v) is 2.75.